The van der Waals surface area contributed by atoms with Gasteiger partial charge in [0.05, 0.1) is 19.4 Å². The fourth-order valence-electron chi connectivity index (χ4n) is 3.36. The number of ether oxygens (including phenoxy) is 1. The molecule has 0 aromatic carbocycles. The van der Waals surface area contributed by atoms with Crippen LogP contribution in [0.3, 0.4) is 0 Å². The molecule has 0 radical (unpaired) electrons. The molecule has 2 amide bonds. The van der Waals surface area contributed by atoms with E-state index < -0.39 is 0 Å². The molecule has 1 saturated carbocycles. The summed E-state index contributed by atoms with van der Waals surface area (Å²) >= 11 is 0. The standard InChI is InChI=1S/C16H26N2O4/c1-22-15(20)8-9-17-16(21)12-10-14(19)18(11-12)13-6-4-2-3-5-7-13/h12-13H,2-11H2,1H3,(H,17,21). The number of hydrogen-bond donors (Lipinski definition) is 1. The number of likely N-dealkylation sites (tertiary alicyclic amines) is 1. The fourth-order valence-corrected chi connectivity index (χ4v) is 3.36. The van der Waals surface area contributed by atoms with E-state index >= 15 is 0 Å². The van der Waals surface area contributed by atoms with E-state index in [1.54, 1.807) is 0 Å². The molecule has 22 heavy (non-hydrogen) atoms. The number of nitrogens with zero attached hydrogens (tertiary/aromatic N) is 1. The number of nitrogens with one attached hydrogen (secondary N) is 1. The van der Waals surface area contributed by atoms with Crippen LogP contribution in [-0.2, 0) is 19.1 Å². The quantitative estimate of drug-likeness (QED) is 0.612. The molecule has 1 atom stereocenters. The summed E-state index contributed by atoms with van der Waals surface area (Å²) < 4.78 is 4.53. The highest BCUT2D eigenvalue weighted by atomic mass is 16.5. The van der Waals surface area contributed by atoms with Crippen molar-refractivity contribution in [2.75, 3.05) is 20.2 Å². The van der Waals surface area contributed by atoms with Gasteiger partial charge in [0.1, 0.15) is 0 Å². The first-order chi connectivity index (χ1) is 10.6. The molecule has 1 aliphatic carbocycles. The Labute approximate surface area is 131 Å². The van der Waals surface area contributed by atoms with E-state index in [4.69, 9.17) is 0 Å². The number of esters is 1. The van der Waals surface area contributed by atoms with Crippen LogP contribution < -0.4 is 5.32 Å². The van der Waals surface area contributed by atoms with Gasteiger partial charge in [-0.1, -0.05) is 25.7 Å². The van der Waals surface area contributed by atoms with Crippen LogP contribution in [-0.4, -0.2) is 48.9 Å². The Kier molecular flexibility index (Phi) is 6.21. The van der Waals surface area contributed by atoms with Crippen LogP contribution >= 0.6 is 0 Å². The summed E-state index contributed by atoms with van der Waals surface area (Å²) in [5.41, 5.74) is 0. The molecule has 6 nitrogen and oxygen atoms in total. The van der Waals surface area contributed by atoms with Crippen molar-refractivity contribution in [3.8, 4) is 0 Å². The first kappa shape index (κ1) is 16.8. The van der Waals surface area contributed by atoms with Crippen molar-refractivity contribution in [2.24, 2.45) is 5.92 Å². The largest absolute Gasteiger partial charge is 0.469 e. The maximum atomic E-state index is 12.2. The molecule has 0 aromatic rings. The lowest BCUT2D eigenvalue weighted by Crippen LogP contribution is -2.38. The average molecular weight is 310 g/mol. The summed E-state index contributed by atoms with van der Waals surface area (Å²) in [7, 11) is 1.32. The molecule has 1 unspecified atom stereocenters. The van der Waals surface area contributed by atoms with Crippen molar-refractivity contribution in [3.63, 3.8) is 0 Å². The van der Waals surface area contributed by atoms with Crippen LogP contribution in [0.25, 0.3) is 0 Å². The molecule has 124 valence electrons. The molecule has 2 fully saturated rings. The SMILES string of the molecule is COC(=O)CCNC(=O)C1CC(=O)N(C2CCCCCC2)C1. The molecular formula is C16H26N2O4. The number of carbonyl (C=O) groups excluding carboxylic acids is 3. The Bertz CT molecular complexity index is 416. The van der Waals surface area contributed by atoms with Gasteiger partial charge < -0.3 is 15.0 Å². The normalized spacial score (nSPS) is 23.2. The van der Waals surface area contributed by atoms with E-state index in [0.29, 0.717) is 19.0 Å². The summed E-state index contributed by atoms with van der Waals surface area (Å²) in [5, 5.41) is 2.73. The molecule has 1 aliphatic heterocycles. The van der Waals surface area contributed by atoms with Gasteiger partial charge >= 0.3 is 5.97 Å². The van der Waals surface area contributed by atoms with Crippen molar-refractivity contribution >= 4 is 17.8 Å². The third-order valence-electron chi connectivity index (χ3n) is 4.65. The first-order valence-corrected chi connectivity index (χ1v) is 8.26. The minimum Gasteiger partial charge on any atom is -0.469 e. The maximum absolute atomic E-state index is 12.2. The van der Waals surface area contributed by atoms with E-state index in [2.05, 4.69) is 10.1 Å². The Balaban J connectivity index is 1.80. The summed E-state index contributed by atoms with van der Waals surface area (Å²) in [6.45, 7) is 0.785. The predicted octanol–water partition coefficient (Wildman–Crippen LogP) is 1.24. The number of hydrogen-bond acceptors (Lipinski definition) is 4. The smallest absolute Gasteiger partial charge is 0.307 e. The second-order valence-electron chi connectivity index (χ2n) is 6.21. The van der Waals surface area contributed by atoms with Crippen molar-refractivity contribution in [2.45, 2.75) is 57.4 Å². The molecule has 1 heterocycles. The van der Waals surface area contributed by atoms with Gasteiger partial charge in [-0.05, 0) is 12.8 Å². The van der Waals surface area contributed by atoms with Crippen LogP contribution in [0.4, 0.5) is 0 Å². The van der Waals surface area contributed by atoms with Crippen LogP contribution in [0, 0.1) is 5.92 Å². The minimum absolute atomic E-state index is 0.0972. The van der Waals surface area contributed by atoms with Gasteiger partial charge in [-0.3, -0.25) is 14.4 Å². The zero-order valence-corrected chi connectivity index (χ0v) is 13.3. The highest BCUT2D eigenvalue weighted by Crippen LogP contribution is 2.28. The Morgan fingerprint density at radius 2 is 1.91 bits per heavy atom. The molecule has 2 aliphatic rings. The first-order valence-electron chi connectivity index (χ1n) is 8.26. The molecule has 1 N–H and O–H groups in total. The Morgan fingerprint density at radius 3 is 2.55 bits per heavy atom. The van der Waals surface area contributed by atoms with Crippen molar-refractivity contribution in [1.82, 2.24) is 10.2 Å². The maximum Gasteiger partial charge on any atom is 0.307 e. The van der Waals surface area contributed by atoms with Gasteiger partial charge in [-0.2, -0.15) is 0 Å². The van der Waals surface area contributed by atoms with E-state index in [1.807, 2.05) is 4.90 Å². The molecule has 0 aromatic heterocycles. The van der Waals surface area contributed by atoms with Gasteiger partial charge in [0.2, 0.25) is 11.8 Å². The van der Waals surface area contributed by atoms with E-state index in [0.717, 1.165) is 12.8 Å². The number of methoxy groups -OCH3 is 1. The number of carbonyl (C=O) groups is 3. The lowest BCUT2D eigenvalue weighted by molar-refractivity contribution is -0.140. The van der Waals surface area contributed by atoms with Crippen LogP contribution in [0.1, 0.15) is 51.4 Å². The molecule has 2 rings (SSSR count). The summed E-state index contributed by atoms with van der Waals surface area (Å²) in [6.07, 6.45) is 7.40. The van der Waals surface area contributed by atoms with Crippen molar-refractivity contribution < 1.29 is 19.1 Å². The van der Waals surface area contributed by atoms with Gasteiger partial charge in [0, 0.05) is 25.6 Å². The van der Waals surface area contributed by atoms with Gasteiger partial charge in [-0.15, -0.1) is 0 Å². The lowest BCUT2D eigenvalue weighted by atomic mass is 10.1. The number of rotatable bonds is 5. The molecule has 0 bridgehead atoms. The molecule has 6 heteroatoms. The van der Waals surface area contributed by atoms with Crippen molar-refractivity contribution in [3.05, 3.63) is 0 Å². The van der Waals surface area contributed by atoms with E-state index in [1.165, 1.54) is 32.8 Å². The highest BCUT2D eigenvalue weighted by molar-refractivity contribution is 5.89. The molecule has 0 spiro atoms. The van der Waals surface area contributed by atoms with Crippen LogP contribution in [0.2, 0.25) is 0 Å². The third-order valence-corrected chi connectivity index (χ3v) is 4.65. The van der Waals surface area contributed by atoms with Crippen LogP contribution in [0.5, 0.6) is 0 Å². The summed E-state index contributed by atoms with van der Waals surface area (Å²) in [6, 6.07) is 0.308. The summed E-state index contributed by atoms with van der Waals surface area (Å²) in [5.74, 6) is -0.662. The Morgan fingerprint density at radius 1 is 1.23 bits per heavy atom. The Hall–Kier alpha value is -1.59. The van der Waals surface area contributed by atoms with Gasteiger partial charge in [0.25, 0.3) is 0 Å². The van der Waals surface area contributed by atoms with Gasteiger partial charge in [0.15, 0.2) is 0 Å². The second-order valence-corrected chi connectivity index (χ2v) is 6.21. The zero-order valence-electron chi connectivity index (χ0n) is 13.3. The third kappa shape index (κ3) is 4.45. The highest BCUT2D eigenvalue weighted by Gasteiger charge is 2.37. The summed E-state index contributed by atoms with van der Waals surface area (Å²) in [4.78, 5) is 37.3. The monoisotopic (exact) mass is 310 g/mol. The molecule has 1 saturated heterocycles. The average Bonchev–Trinajstić information content (AvgIpc) is 2.73. The van der Waals surface area contributed by atoms with Gasteiger partial charge in [-0.25, -0.2) is 0 Å². The van der Waals surface area contributed by atoms with Crippen LogP contribution in [0.15, 0.2) is 0 Å². The second kappa shape index (κ2) is 8.15. The fraction of sp³-hybridized carbons (Fsp3) is 0.812. The lowest BCUT2D eigenvalue weighted by Gasteiger charge is -2.27. The minimum atomic E-state index is -0.345. The van der Waals surface area contributed by atoms with E-state index in [9.17, 15) is 14.4 Å². The molecular weight excluding hydrogens is 284 g/mol. The topological polar surface area (TPSA) is 75.7 Å². The predicted molar refractivity (Wildman–Crippen MR) is 81.0 cm³/mol. The van der Waals surface area contributed by atoms with E-state index in [-0.39, 0.29) is 36.7 Å². The van der Waals surface area contributed by atoms with Crippen molar-refractivity contribution in [1.29, 1.82) is 0 Å². The zero-order chi connectivity index (χ0) is 15.9. The number of amides is 2.